The van der Waals surface area contributed by atoms with Gasteiger partial charge in [-0.2, -0.15) is 0 Å². The number of amides is 2. The normalized spacial score (nSPS) is 9.39. The van der Waals surface area contributed by atoms with Gasteiger partial charge < -0.3 is 5.11 Å². The van der Waals surface area contributed by atoms with Crippen LogP contribution in [0.2, 0.25) is 0 Å². The van der Waals surface area contributed by atoms with Crippen LogP contribution in [0.4, 0.5) is 5.69 Å². The van der Waals surface area contributed by atoms with E-state index in [0.29, 0.717) is 0 Å². The molecule has 0 aliphatic carbocycles. The molecule has 0 saturated carbocycles. The van der Waals surface area contributed by atoms with E-state index in [2.05, 4.69) is 5.92 Å². The first kappa shape index (κ1) is 13.5. The lowest BCUT2D eigenvalue weighted by Crippen LogP contribution is -2.33. The second-order valence-corrected chi connectivity index (χ2v) is 3.59. The third-order valence-electron chi connectivity index (χ3n) is 2.22. The molecule has 0 aliphatic heterocycles. The lowest BCUT2D eigenvalue weighted by atomic mass is 10.1. The topological polar surface area (TPSA) is 74.7 Å². The number of hydrogen-bond acceptors (Lipinski definition) is 3. The summed E-state index contributed by atoms with van der Waals surface area (Å²) < 4.78 is 0. The number of benzene rings is 1. The van der Waals surface area contributed by atoms with Gasteiger partial charge in [0.1, 0.15) is 0 Å². The van der Waals surface area contributed by atoms with Crippen LogP contribution in [0.1, 0.15) is 29.8 Å². The molecule has 0 saturated heterocycles. The zero-order valence-corrected chi connectivity index (χ0v) is 9.93. The fraction of sp³-hybridized carbons (Fsp3) is 0.154. The van der Waals surface area contributed by atoms with Gasteiger partial charge in [0, 0.05) is 19.4 Å². The number of carbonyl (C=O) groups is 3. The Kier molecular flexibility index (Phi) is 3.85. The van der Waals surface area contributed by atoms with Gasteiger partial charge >= 0.3 is 5.97 Å². The van der Waals surface area contributed by atoms with Crippen molar-refractivity contribution < 1.29 is 19.5 Å². The van der Waals surface area contributed by atoms with Gasteiger partial charge in [0.25, 0.3) is 0 Å². The molecule has 1 rings (SSSR count). The predicted octanol–water partition coefficient (Wildman–Crippen LogP) is 1.27. The molecular formula is C13H11NO4. The molecule has 92 valence electrons. The van der Waals surface area contributed by atoms with Gasteiger partial charge in [0.2, 0.25) is 11.8 Å². The van der Waals surface area contributed by atoms with Crippen molar-refractivity contribution in [1.29, 1.82) is 0 Å². The highest BCUT2D eigenvalue weighted by molar-refractivity contribution is 6.13. The molecule has 0 heterocycles. The van der Waals surface area contributed by atoms with Gasteiger partial charge in [0.05, 0.1) is 11.3 Å². The Balaban J connectivity index is 3.44. The summed E-state index contributed by atoms with van der Waals surface area (Å²) in [5, 5.41) is 8.93. The number of carbonyl (C=O) groups excluding carboxylic acids is 2. The van der Waals surface area contributed by atoms with Gasteiger partial charge in [-0.1, -0.05) is 5.92 Å². The first-order chi connectivity index (χ1) is 8.36. The van der Waals surface area contributed by atoms with Crippen molar-refractivity contribution in [3.63, 3.8) is 0 Å². The molecule has 0 spiro atoms. The van der Waals surface area contributed by atoms with E-state index in [0.717, 1.165) is 4.90 Å². The third-order valence-corrected chi connectivity index (χ3v) is 2.22. The molecule has 1 aromatic rings. The maximum atomic E-state index is 11.4. The monoisotopic (exact) mass is 245 g/mol. The molecular weight excluding hydrogens is 234 g/mol. The summed E-state index contributed by atoms with van der Waals surface area (Å²) in [5.74, 6) is 0.0896. The minimum atomic E-state index is -1.18. The Labute approximate surface area is 104 Å². The number of hydrogen-bond donors (Lipinski definition) is 1. The summed E-state index contributed by atoms with van der Waals surface area (Å²) in [4.78, 5) is 34.5. The van der Waals surface area contributed by atoms with Crippen molar-refractivity contribution in [3.05, 3.63) is 29.3 Å². The van der Waals surface area contributed by atoms with E-state index in [-0.39, 0.29) is 16.8 Å². The average molecular weight is 245 g/mol. The summed E-state index contributed by atoms with van der Waals surface area (Å²) in [6, 6.07) is 3.94. The minimum absolute atomic E-state index is 0.0760. The average Bonchev–Trinajstić information content (AvgIpc) is 2.27. The number of rotatable bonds is 2. The number of carboxylic acids is 1. The van der Waals surface area contributed by atoms with Crippen LogP contribution in [-0.4, -0.2) is 22.9 Å². The number of nitrogens with zero attached hydrogens (tertiary/aromatic N) is 1. The van der Waals surface area contributed by atoms with Crippen molar-refractivity contribution in [2.24, 2.45) is 0 Å². The molecule has 18 heavy (non-hydrogen) atoms. The van der Waals surface area contributed by atoms with Crippen LogP contribution in [0.25, 0.3) is 0 Å². The van der Waals surface area contributed by atoms with Crippen molar-refractivity contribution in [2.75, 3.05) is 4.90 Å². The smallest absolute Gasteiger partial charge is 0.335 e. The Morgan fingerprint density at radius 3 is 2.11 bits per heavy atom. The second kappa shape index (κ2) is 5.15. The minimum Gasteiger partial charge on any atom is -0.478 e. The molecule has 0 atom stereocenters. The molecule has 0 unspecified atom stereocenters. The lowest BCUT2D eigenvalue weighted by molar-refractivity contribution is -0.124. The summed E-state index contributed by atoms with van der Waals surface area (Å²) in [5.41, 5.74) is 0.369. The number of terminal acetylenes is 1. The molecule has 5 nitrogen and oxygen atoms in total. The number of anilines is 1. The van der Waals surface area contributed by atoms with Crippen LogP contribution in [-0.2, 0) is 9.59 Å². The van der Waals surface area contributed by atoms with E-state index >= 15 is 0 Å². The summed E-state index contributed by atoms with van der Waals surface area (Å²) in [7, 11) is 0. The highest BCUT2D eigenvalue weighted by atomic mass is 16.4. The molecule has 1 aromatic carbocycles. The molecule has 0 fully saturated rings. The molecule has 5 heteroatoms. The largest absolute Gasteiger partial charge is 0.478 e. The molecule has 0 aromatic heterocycles. The van der Waals surface area contributed by atoms with E-state index in [1.165, 1.54) is 32.0 Å². The Bertz CT molecular complexity index is 555. The first-order valence-corrected chi connectivity index (χ1v) is 5.03. The lowest BCUT2D eigenvalue weighted by Gasteiger charge is -2.18. The fourth-order valence-electron chi connectivity index (χ4n) is 1.53. The van der Waals surface area contributed by atoms with Gasteiger partial charge in [-0.3, -0.25) is 14.5 Å². The van der Waals surface area contributed by atoms with Crippen LogP contribution < -0.4 is 4.90 Å². The molecule has 0 radical (unpaired) electrons. The van der Waals surface area contributed by atoms with Crippen LogP contribution in [0.3, 0.4) is 0 Å². The SMILES string of the molecule is C#Cc1cc(C(=O)O)cc(N(C(C)=O)C(C)=O)c1. The maximum absolute atomic E-state index is 11.4. The molecule has 0 bridgehead atoms. The van der Waals surface area contributed by atoms with Crippen LogP contribution in [0, 0.1) is 12.3 Å². The van der Waals surface area contributed by atoms with Crippen LogP contribution >= 0.6 is 0 Å². The Morgan fingerprint density at radius 1 is 1.17 bits per heavy atom. The van der Waals surface area contributed by atoms with Crippen LogP contribution in [0.5, 0.6) is 0 Å². The molecule has 1 N–H and O–H groups in total. The van der Waals surface area contributed by atoms with Crippen molar-refractivity contribution in [1.82, 2.24) is 0 Å². The highest BCUT2D eigenvalue weighted by Crippen LogP contribution is 2.20. The highest BCUT2D eigenvalue weighted by Gasteiger charge is 2.18. The second-order valence-electron chi connectivity index (χ2n) is 3.59. The Morgan fingerprint density at radius 2 is 1.72 bits per heavy atom. The van der Waals surface area contributed by atoms with E-state index in [1.807, 2.05) is 0 Å². The number of aromatic carboxylic acids is 1. The van der Waals surface area contributed by atoms with E-state index in [1.54, 1.807) is 0 Å². The zero-order chi connectivity index (χ0) is 13.9. The van der Waals surface area contributed by atoms with E-state index < -0.39 is 17.8 Å². The van der Waals surface area contributed by atoms with Crippen molar-refractivity contribution >= 4 is 23.5 Å². The molecule has 0 aliphatic rings. The van der Waals surface area contributed by atoms with E-state index in [4.69, 9.17) is 11.5 Å². The number of carboxylic acid groups (broad SMARTS) is 1. The standard InChI is InChI=1S/C13H11NO4/c1-4-10-5-11(13(17)18)7-12(6-10)14(8(2)15)9(3)16/h1,5-7H,2-3H3,(H,17,18). The van der Waals surface area contributed by atoms with Crippen molar-refractivity contribution in [3.8, 4) is 12.3 Å². The van der Waals surface area contributed by atoms with Crippen LogP contribution in [0.15, 0.2) is 18.2 Å². The Hall–Kier alpha value is -2.61. The number of imide groups is 1. The van der Waals surface area contributed by atoms with Gasteiger partial charge in [-0.05, 0) is 18.2 Å². The summed E-state index contributed by atoms with van der Waals surface area (Å²) >= 11 is 0. The molecule has 2 amide bonds. The van der Waals surface area contributed by atoms with Gasteiger partial charge in [-0.15, -0.1) is 6.42 Å². The zero-order valence-electron chi connectivity index (χ0n) is 9.93. The summed E-state index contributed by atoms with van der Waals surface area (Å²) in [6.45, 7) is 2.43. The van der Waals surface area contributed by atoms with Crippen molar-refractivity contribution in [2.45, 2.75) is 13.8 Å². The fourth-order valence-corrected chi connectivity index (χ4v) is 1.53. The third kappa shape index (κ3) is 2.74. The maximum Gasteiger partial charge on any atom is 0.335 e. The van der Waals surface area contributed by atoms with Gasteiger partial charge in [0.15, 0.2) is 0 Å². The summed E-state index contributed by atoms with van der Waals surface area (Å²) in [6.07, 6.45) is 5.21. The quantitative estimate of drug-likeness (QED) is 0.796. The van der Waals surface area contributed by atoms with Gasteiger partial charge in [-0.25, -0.2) is 4.79 Å². The van der Waals surface area contributed by atoms with E-state index in [9.17, 15) is 14.4 Å². The first-order valence-electron chi connectivity index (χ1n) is 5.03. The predicted molar refractivity (Wildman–Crippen MR) is 65.2 cm³/mol.